The number of nitrogens with zero attached hydrogens (tertiary/aromatic N) is 1. The number of amides is 2. The van der Waals surface area contributed by atoms with Gasteiger partial charge in [0.05, 0.1) is 24.3 Å². The quantitative estimate of drug-likeness (QED) is 0.380. The summed E-state index contributed by atoms with van der Waals surface area (Å²) in [4.78, 5) is 35.8. The Hall–Kier alpha value is -2.45. The molecule has 2 fully saturated rings. The van der Waals surface area contributed by atoms with Gasteiger partial charge in [-0.25, -0.2) is 4.79 Å². The number of unbranched alkanes of at least 4 members (excludes halogenated alkanes) is 2. The number of hydrazine groups is 1. The molecule has 2 heterocycles. The Morgan fingerprint density at radius 2 is 2.22 bits per heavy atom. The lowest BCUT2D eigenvalue weighted by Crippen LogP contribution is -2.51. The maximum atomic E-state index is 12.7. The topological polar surface area (TPSA) is 108 Å². The highest BCUT2D eigenvalue weighted by Gasteiger charge is 2.69. The number of carbonyl (C=O) groups excluding carboxylic acids is 3. The molecule has 2 amide bonds. The summed E-state index contributed by atoms with van der Waals surface area (Å²) in [5.41, 5.74) is 2.21. The molecule has 1 unspecified atom stereocenters. The number of cyclic esters (lactones) is 1. The fourth-order valence-electron chi connectivity index (χ4n) is 3.74. The zero-order valence-corrected chi connectivity index (χ0v) is 15.3. The Morgan fingerprint density at radius 3 is 2.96 bits per heavy atom. The molecular weight excluding hydrogens is 350 g/mol. The van der Waals surface area contributed by atoms with E-state index in [4.69, 9.17) is 4.74 Å². The molecule has 3 N–H and O–H groups in total. The van der Waals surface area contributed by atoms with Gasteiger partial charge < -0.3 is 9.84 Å². The van der Waals surface area contributed by atoms with Crippen LogP contribution in [0.2, 0.25) is 0 Å². The summed E-state index contributed by atoms with van der Waals surface area (Å²) in [6, 6.07) is 6.24. The Balaban J connectivity index is 1.81. The number of hydrogen-bond donors (Lipinski definition) is 3. The standard InChI is InChI=1S/C19H25N3O5/c1-2-3-4-9-15-19(16(24)10-11-27-18(26)20-19)22(15)21-17(25)14-8-6-5-7-13(14)12-23/h5-8,12,15-16,24H,2-4,9-11H2,1H3,(H,20,26)(H,21,25)/t15-,16+,19-,22?/m1/s1. The molecule has 0 aliphatic carbocycles. The van der Waals surface area contributed by atoms with E-state index in [1.807, 2.05) is 0 Å². The minimum atomic E-state index is -1.08. The maximum Gasteiger partial charge on any atom is 0.408 e. The van der Waals surface area contributed by atoms with Crippen LogP contribution in [0.25, 0.3) is 0 Å². The highest BCUT2D eigenvalue weighted by molar-refractivity contribution is 6.01. The van der Waals surface area contributed by atoms with E-state index in [2.05, 4.69) is 17.7 Å². The van der Waals surface area contributed by atoms with Crippen molar-refractivity contribution in [1.82, 2.24) is 15.8 Å². The number of benzene rings is 1. The van der Waals surface area contributed by atoms with Crippen molar-refractivity contribution in [3.63, 3.8) is 0 Å². The van der Waals surface area contributed by atoms with Gasteiger partial charge in [0.15, 0.2) is 11.9 Å². The predicted octanol–water partition coefficient (Wildman–Crippen LogP) is 1.60. The van der Waals surface area contributed by atoms with E-state index >= 15 is 0 Å². The van der Waals surface area contributed by atoms with Gasteiger partial charge in [-0.3, -0.25) is 20.3 Å². The molecule has 3 rings (SSSR count). The van der Waals surface area contributed by atoms with Crippen molar-refractivity contribution in [3.05, 3.63) is 35.4 Å². The van der Waals surface area contributed by atoms with Crippen LogP contribution in [0, 0.1) is 0 Å². The van der Waals surface area contributed by atoms with Crippen LogP contribution in [0.3, 0.4) is 0 Å². The molecule has 4 atom stereocenters. The zero-order valence-electron chi connectivity index (χ0n) is 15.3. The maximum absolute atomic E-state index is 12.7. The van der Waals surface area contributed by atoms with E-state index in [1.54, 1.807) is 29.3 Å². The van der Waals surface area contributed by atoms with Crippen molar-refractivity contribution in [2.45, 2.75) is 56.8 Å². The lowest BCUT2D eigenvalue weighted by molar-refractivity contribution is 0.0659. The third-order valence-corrected chi connectivity index (χ3v) is 5.22. The van der Waals surface area contributed by atoms with Gasteiger partial charge in [0.25, 0.3) is 5.91 Å². The number of carbonyl (C=O) groups is 3. The number of rotatable bonds is 7. The van der Waals surface area contributed by atoms with E-state index in [0.29, 0.717) is 12.7 Å². The van der Waals surface area contributed by atoms with Crippen molar-refractivity contribution < 1.29 is 24.2 Å². The number of aliphatic hydroxyl groups excluding tert-OH is 1. The fourth-order valence-corrected chi connectivity index (χ4v) is 3.74. The van der Waals surface area contributed by atoms with E-state index in [9.17, 15) is 19.5 Å². The van der Waals surface area contributed by atoms with Crippen LogP contribution in [0.5, 0.6) is 0 Å². The zero-order chi connectivity index (χ0) is 19.4. The first-order chi connectivity index (χ1) is 13.0. The van der Waals surface area contributed by atoms with E-state index in [0.717, 1.165) is 19.3 Å². The molecular formula is C19H25N3O5. The largest absolute Gasteiger partial charge is 0.449 e. The number of nitrogens with one attached hydrogen (secondary N) is 2. The van der Waals surface area contributed by atoms with Crippen LogP contribution in [-0.2, 0) is 4.74 Å². The van der Waals surface area contributed by atoms with Crippen LogP contribution < -0.4 is 10.7 Å². The predicted molar refractivity (Wildman–Crippen MR) is 96.9 cm³/mol. The molecule has 1 aromatic rings. The lowest BCUT2D eigenvalue weighted by Gasteiger charge is -2.21. The fraction of sp³-hybridized carbons (Fsp3) is 0.526. The number of alkyl carbamates (subject to hydrolysis) is 1. The molecule has 8 nitrogen and oxygen atoms in total. The summed E-state index contributed by atoms with van der Waals surface area (Å²) < 4.78 is 5.00. The van der Waals surface area contributed by atoms with Gasteiger partial charge in [-0.15, -0.1) is 0 Å². The van der Waals surface area contributed by atoms with Crippen molar-refractivity contribution in [2.24, 2.45) is 0 Å². The normalized spacial score (nSPS) is 29.4. The Labute approximate surface area is 157 Å². The first kappa shape index (κ1) is 19.3. The van der Waals surface area contributed by atoms with Gasteiger partial charge in [-0.05, 0) is 12.5 Å². The van der Waals surface area contributed by atoms with Gasteiger partial charge in [-0.1, -0.05) is 44.4 Å². The number of hydrogen-bond acceptors (Lipinski definition) is 6. The second-order valence-corrected chi connectivity index (χ2v) is 6.92. The first-order valence-electron chi connectivity index (χ1n) is 9.32. The van der Waals surface area contributed by atoms with Gasteiger partial charge in [0, 0.05) is 12.0 Å². The summed E-state index contributed by atoms with van der Waals surface area (Å²) in [5.74, 6) is -0.457. The summed E-state index contributed by atoms with van der Waals surface area (Å²) in [5, 5.41) is 14.9. The lowest BCUT2D eigenvalue weighted by atomic mass is 10.0. The van der Waals surface area contributed by atoms with E-state index in [-0.39, 0.29) is 30.2 Å². The number of aldehydes is 1. The average molecular weight is 375 g/mol. The molecule has 0 aromatic heterocycles. The number of aliphatic hydroxyl groups is 1. The van der Waals surface area contributed by atoms with E-state index < -0.39 is 23.8 Å². The van der Waals surface area contributed by atoms with Crippen LogP contribution in [-0.4, -0.2) is 52.8 Å². The van der Waals surface area contributed by atoms with E-state index in [1.165, 1.54) is 0 Å². The summed E-state index contributed by atoms with van der Waals surface area (Å²) in [7, 11) is 0. The van der Waals surface area contributed by atoms with Crippen molar-refractivity contribution in [3.8, 4) is 0 Å². The highest BCUT2D eigenvalue weighted by atomic mass is 16.6. The molecule has 0 radical (unpaired) electrons. The molecule has 2 aliphatic rings. The molecule has 1 aromatic carbocycles. The Morgan fingerprint density at radius 1 is 1.44 bits per heavy atom. The van der Waals surface area contributed by atoms with Crippen LogP contribution in [0.4, 0.5) is 4.79 Å². The first-order valence-corrected chi connectivity index (χ1v) is 9.32. The molecule has 8 heteroatoms. The molecule has 27 heavy (non-hydrogen) atoms. The monoisotopic (exact) mass is 375 g/mol. The minimum absolute atomic E-state index is 0.117. The molecule has 1 spiro atoms. The highest BCUT2D eigenvalue weighted by Crippen LogP contribution is 2.44. The molecule has 2 aliphatic heterocycles. The van der Waals surface area contributed by atoms with Crippen molar-refractivity contribution in [1.29, 1.82) is 0 Å². The van der Waals surface area contributed by atoms with Gasteiger partial charge in [0.1, 0.15) is 0 Å². The van der Waals surface area contributed by atoms with Crippen LogP contribution in [0.1, 0.15) is 59.7 Å². The molecule has 0 bridgehead atoms. The minimum Gasteiger partial charge on any atom is -0.449 e. The van der Waals surface area contributed by atoms with Crippen molar-refractivity contribution in [2.75, 3.05) is 6.61 Å². The smallest absolute Gasteiger partial charge is 0.408 e. The second kappa shape index (κ2) is 8.06. The third-order valence-electron chi connectivity index (χ3n) is 5.22. The number of ether oxygens (including phenoxy) is 1. The van der Waals surface area contributed by atoms with Crippen LogP contribution >= 0.6 is 0 Å². The molecule has 2 saturated heterocycles. The summed E-state index contributed by atoms with van der Waals surface area (Å²) in [6.45, 7) is 2.21. The molecule has 0 saturated carbocycles. The Kier molecular flexibility index (Phi) is 5.76. The Bertz CT molecular complexity index is 725. The van der Waals surface area contributed by atoms with Gasteiger partial charge in [-0.2, -0.15) is 5.01 Å². The van der Waals surface area contributed by atoms with Crippen LogP contribution in [0.15, 0.2) is 24.3 Å². The molecule has 146 valence electrons. The summed E-state index contributed by atoms with van der Waals surface area (Å²) >= 11 is 0. The summed E-state index contributed by atoms with van der Waals surface area (Å²) in [6.07, 6.45) is 3.08. The van der Waals surface area contributed by atoms with Crippen molar-refractivity contribution >= 4 is 18.3 Å². The SMILES string of the molecule is CCCCC[C@H]1N(NC(=O)c2ccccc2C=O)[C@]12NC(=O)OCC[C@@H]2O. The van der Waals surface area contributed by atoms with Gasteiger partial charge in [0.2, 0.25) is 0 Å². The average Bonchev–Trinajstić information content (AvgIpc) is 3.30. The second-order valence-electron chi connectivity index (χ2n) is 6.92. The van der Waals surface area contributed by atoms with Gasteiger partial charge >= 0.3 is 6.09 Å². The third kappa shape index (κ3) is 3.68.